The summed E-state index contributed by atoms with van der Waals surface area (Å²) in [4.78, 5) is 11.2. The Morgan fingerprint density at radius 1 is 1.38 bits per heavy atom. The number of hydrogen-bond donors (Lipinski definition) is 2. The van der Waals surface area contributed by atoms with Gasteiger partial charge in [-0.3, -0.25) is 4.79 Å². The summed E-state index contributed by atoms with van der Waals surface area (Å²) in [6, 6.07) is 9.53. The Balaban J connectivity index is 2.26. The molecule has 0 bridgehead atoms. The summed E-state index contributed by atoms with van der Waals surface area (Å²) in [6.45, 7) is 2.57. The van der Waals surface area contributed by atoms with Gasteiger partial charge in [-0.05, 0) is 25.3 Å². The van der Waals surface area contributed by atoms with Crippen molar-refractivity contribution in [3.8, 4) is 0 Å². The molecule has 3 heteroatoms. The highest BCUT2D eigenvalue weighted by Gasteiger charge is 2.07. The monoisotopic (exact) mass is 221 g/mol. The van der Waals surface area contributed by atoms with Crippen LogP contribution in [-0.2, 0) is 4.79 Å². The average molecular weight is 221 g/mol. The zero-order chi connectivity index (χ0) is 11.8. The van der Waals surface area contributed by atoms with E-state index in [-0.39, 0.29) is 5.91 Å². The van der Waals surface area contributed by atoms with Crippen molar-refractivity contribution >= 4 is 5.91 Å². The Morgan fingerprint density at radius 3 is 2.69 bits per heavy atom. The summed E-state index contributed by atoms with van der Waals surface area (Å²) in [6.07, 6.45) is 1.36. The average Bonchev–Trinajstić information content (AvgIpc) is 2.30. The molecule has 0 aliphatic carbocycles. The number of amides is 1. The normalized spacial score (nSPS) is 12.1. The Morgan fingerprint density at radius 2 is 2.06 bits per heavy atom. The number of carbonyl (C=O) groups is 1. The molecule has 2 N–H and O–H groups in total. The maximum Gasteiger partial charge on any atom is 0.219 e. The van der Waals surface area contributed by atoms with Crippen LogP contribution in [-0.4, -0.2) is 17.6 Å². The first-order valence-corrected chi connectivity index (χ1v) is 5.73. The number of hydrogen-bond acceptors (Lipinski definition) is 2. The van der Waals surface area contributed by atoms with E-state index in [0.29, 0.717) is 25.8 Å². The maximum absolute atomic E-state index is 11.2. The molecule has 1 aromatic rings. The van der Waals surface area contributed by atoms with Crippen molar-refractivity contribution in [1.82, 2.24) is 5.32 Å². The lowest BCUT2D eigenvalue weighted by Gasteiger charge is -2.10. The molecule has 0 saturated heterocycles. The number of nitrogens with one attached hydrogen (secondary N) is 1. The summed E-state index contributed by atoms with van der Waals surface area (Å²) < 4.78 is 0. The van der Waals surface area contributed by atoms with E-state index >= 15 is 0 Å². The molecular formula is C13H19NO2. The Labute approximate surface area is 96.5 Å². The van der Waals surface area contributed by atoms with Gasteiger partial charge in [0.2, 0.25) is 5.91 Å². The second-order valence-corrected chi connectivity index (χ2v) is 3.77. The number of aliphatic hydroxyl groups excluding tert-OH is 1. The molecule has 1 rings (SSSR count). The molecule has 0 radical (unpaired) electrons. The van der Waals surface area contributed by atoms with E-state index in [0.717, 1.165) is 5.56 Å². The highest BCUT2D eigenvalue weighted by Crippen LogP contribution is 2.18. The summed E-state index contributed by atoms with van der Waals surface area (Å²) in [5.74, 6) is 0.0581. The zero-order valence-electron chi connectivity index (χ0n) is 9.65. The van der Waals surface area contributed by atoms with Crippen LogP contribution in [0.25, 0.3) is 0 Å². The van der Waals surface area contributed by atoms with Gasteiger partial charge >= 0.3 is 0 Å². The highest BCUT2D eigenvalue weighted by molar-refractivity contribution is 5.75. The fraction of sp³-hybridized carbons (Fsp3) is 0.462. The van der Waals surface area contributed by atoms with E-state index in [1.807, 2.05) is 37.3 Å². The van der Waals surface area contributed by atoms with Gasteiger partial charge in [-0.15, -0.1) is 0 Å². The molecule has 0 saturated carbocycles. The third-order valence-corrected chi connectivity index (χ3v) is 2.44. The fourth-order valence-electron chi connectivity index (χ4n) is 1.58. The lowest BCUT2D eigenvalue weighted by Crippen LogP contribution is -2.22. The molecule has 0 aliphatic heterocycles. The van der Waals surface area contributed by atoms with Crippen molar-refractivity contribution in [2.75, 3.05) is 6.54 Å². The van der Waals surface area contributed by atoms with Gasteiger partial charge in [0, 0.05) is 13.0 Å². The molecule has 0 aliphatic rings. The second-order valence-electron chi connectivity index (χ2n) is 3.77. The first-order valence-electron chi connectivity index (χ1n) is 5.73. The lowest BCUT2D eigenvalue weighted by atomic mass is 10.0. The number of benzene rings is 1. The minimum Gasteiger partial charge on any atom is -0.388 e. The van der Waals surface area contributed by atoms with Crippen LogP contribution in [0.2, 0.25) is 0 Å². The minimum absolute atomic E-state index is 0.0581. The number of aliphatic hydroxyl groups is 1. The molecule has 0 heterocycles. The molecule has 3 nitrogen and oxygen atoms in total. The predicted molar refractivity (Wildman–Crippen MR) is 63.9 cm³/mol. The predicted octanol–water partition coefficient (Wildman–Crippen LogP) is 2.03. The van der Waals surface area contributed by atoms with E-state index < -0.39 is 6.10 Å². The molecular weight excluding hydrogens is 202 g/mol. The van der Waals surface area contributed by atoms with Crippen LogP contribution in [0, 0.1) is 0 Å². The van der Waals surface area contributed by atoms with E-state index in [1.54, 1.807) is 0 Å². The number of carbonyl (C=O) groups excluding carboxylic acids is 1. The molecule has 88 valence electrons. The van der Waals surface area contributed by atoms with Gasteiger partial charge in [-0.25, -0.2) is 0 Å². The van der Waals surface area contributed by atoms with E-state index in [9.17, 15) is 9.90 Å². The summed E-state index contributed by atoms with van der Waals surface area (Å²) in [5.41, 5.74) is 0.915. The van der Waals surface area contributed by atoms with E-state index in [4.69, 9.17) is 0 Å². The molecule has 0 fully saturated rings. The van der Waals surface area contributed by atoms with Gasteiger partial charge in [0.25, 0.3) is 0 Å². The molecule has 1 amide bonds. The second kappa shape index (κ2) is 7.01. The minimum atomic E-state index is -0.462. The van der Waals surface area contributed by atoms with Crippen molar-refractivity contribution in [3.63, 3.8) is 0 Å². The SMILES string of the molecule is CCNC(=O)CCCC(O)c1ccccc1. The fourth-order valence-corrected chi connectivity index (χ4v) is 1.58. The van der Waals surface area contributed by atoms with Crippen LogP contribution >= 0.6 is 0 Å². The lowest BCUT2D eigenvalue weighted by molar-refractivity contribution is -0.121. The molecule has 1 atom stereocenters. The smallest absolute Gasteiger partial charge is 0.219 e. The van der Waals surface area contributed by atoms with Gasteiger partial charge < -0.3 is 10.4 Å². The molecule has 16 heavy (non-hydrogen) atoms. The van der Waals surface area contributed by atoms with Crippen LogP contribution in [0.4, 0.5) is 0 Å². The molecule has 0 aromatic heterocycles. The molecule has 1 unspecified atom stereocenters. The van der Waals surface area contributed by atoms with Crippen LogP contribution in [0.3, 0.4) is 0 Å². The summed E-state index contributed by atoms with van der Waals surface area (Å²) in [7, 11) is 0. The van der Waals surface area contributed by atoms with Crippen LogP contribution < -0.4 is 5.32 Å². The third kappa shape index (κ3) is 4.45. The van der Waals surface area contributed by atoms with E-state index in [1.165, 1.54) is 0 Å². The van der Waals surface area contributed by atoms with Crippen molar-refractivity contribution in [2.45, 2.75) is 32.3 Å². The first-order chi connectivity index (χ1) is 7.74. The summed E-state index contributed by atoms with van der Waals surface area (Å²) in [5, 5.41) is 12.6. The van der Waals surface area contributed by atoms with Gasteiger partial charge in [-0.2, -0.15) is 0 Å². The van der Waals surface area contributed by atoms with E-state index in [2.05, 4.69) is 5.32 Å². The maximum atomic E-state index is 11.2. The van der Waals surface area contributed by atoms with Crippen LogP contribution in [0.15, 0.2) is 30.3 Å². The zero-order valence-corrected chi connectivity index (χ0v) is 9.65. The Bertz CT molecular complexity index is 311. The largest absolute Gasteiger partial charge is 0.388 e. The Kier molecular flexibility index (Phi) is 5.57. The van der Waals surface area contributed by atoms with Gasteiger partial charge in [0.1, 0.15) is 0 Å². The van der Waals surface area contributed by atoms with Gasteiger partial charge in [-0.1, -0.05) is 30.3 Å². The number of rotatable bonds is 6. The van der Waals surface area contributed by atoms with Gasteiger partial charge in [0.15, 0.2) is 0 Å². The highest BCUT2D eigenvalue weighted by atomic mass is 16.3. The van der Waals surface area contributed by atoms with Crippen LogP contribution in [0.5, 0.6) is 0 Å². The standard InChI is InChI=1S/C13H19NO2/c1-2-14-13(16)10-6-9-12(15)11-7-4-3-5-8-11/h3-5,7-8,12,15H,2,6,9-10H2,1H3,(H,14,16). The first kappa shape index (κ1) is 12.7. The van der Waals surface area contributed by atoms with Gasteiger partial charge in [0.05, 0.1) is 6.10 Å². The summed E-state index contributed by atoms with van der Waals surface area (Å²) >= 11 is 0. The Hall–Kier alpha value is -1.35. The van der Waals surface area contributed by atoms with Crippen molar-refractivity contribution in [2.24, 2.45) is 0 Å². The molecule has 1 aromatic carbocycles. The van der Waals surface area contributed by atoms with Crippen molar-refractivity contribution in [1.29, 1.82) is 0 Å². The van der Waals surface area contributed by atoms with Crippen molar-refractivity contribution in [3.05, 3.63) is 35.9 Å². The topological polar surface area (TPSA) is 49.3 Å². The third-order valence-electron chi connectivity index (χ3n) is 2.44. The quantitative estimate of drug-likeness (QED) is 0.772. The van der Waals surface area contributed by atoms with Crippen LogP contribution in [0.1, 0.15) is 37.9 Å². The van der Waals surface area contributed by atoms with Crippen molar-refractivity contribution < 1.29 is 9.90 Å². The molecule has 0 spiro atoms.